The lowest BCUT2D eigenvalue weighted by Gasteiger charge is -2.39. The maximum Gasteiger partial charge on any atom is 0.313 e. The van der Waals surface area contributed by atoms with E-state index in [1.54, 1.807) is 0 Å². The summed E-state index contributed by atoms with van der Waals surface area (Å²) >= 11 is 0. The number of piperidine rings is 1. The second kappa shape index (κ2) is 6.02. The lowest BCUT2D eigenvalue weighted by atomic mass is 9.85. The van der Waals surface area contributed by atoms with E-state index < -0.39 is 11.4 Å². The second-order valence-electron chi connectivity index (χ2n) is 5.80. The number of ether oxygens (including phenoxy) is 1. The van der Waals surface area contributed by atoms with Crippen molar-refractivity contribution in [1.29, 1.82) is 0 Å². The lowest BCUT2D eigenvalue weighted by molar-refractivity contribution is -0.150. The van der Waals surface area contributed by atoms with Gasteiger partial charge in [0.25, 0.3) is 0 Å². The zero-order chi connectivity index (χ0) is 13.0. The molecule has 0 aliphatic carbocycles. The summed E-state index contributed by atoms with van der Waals surface area (Å²) in [5.74, 6) is -0.680. The number of nitrogens with zero attached hydrogens (tertiary/aromatic N) is 1. The number of hydrogen-bond acceptors (Lipinski definition) is 3. The lowest BCUT2D eigenvalue weighted by Crippen LogP contribution is -2.49. The van der Waals surface area contributed by atoms with Crippen molar-refractivity contribution in [3.63, 3.8) is 0 Å². The third-order valence-corrected chi connectivity index (χ3v) is 4.43. The van der Waals surface area contributed by atoms with Crippen molar-refractivity contribution in [3.05, 3.63) is 0 Å². The van der Waals surface area contributed by atoms with Crippen LogP contribution in [0.5, 0.6) is 0 Å². The van der Waals surface area contributed by atoms with Crippen LogP contribution in [0.25, 0.3) is 0 Å². The summed E-state index contributed by atoms with van der Waals surface area (Å²) in [6.07, 6.45) is 6.75. The topological polar surface area (TPSA) is 49.8 Å². The zero-order valence-electron chi connectivity index (χ0n) is 11.4. The maximum atomic E-state index is 11.6. The SMILES string of the molecule is CCCC1CCCCN1CC1(C(=O)O)CCOC1. The van der Waals surface area contributed by atoms with Crippen LogP contribution in [0.1, 0.15) is 45.4 Å². The molecule has 2 heterocycles. The Bertz CT molecular complexity index is 285. The molecular formula is C14H25NO3. The number of aliphatic carboxylic acids is 1. The van der Waals surface area contributed by atoms with Gasteiger partial charge in [0.2, 0.25) is 0 Å². The van der Waals surface area contributed by atoms with Gasteiger partial charge in [0.05, 0.1) is 6.61 Å². The Labute approximate surface area is 109 Å². The highest BCUT2D eigenvalue weighted by Gasteiger charge is 2.44. The predicted molar refractivity (Wildman–Crippen MR) is 69.6 cm³/mol. The van der Waals surface area contributed by atoms with Gasteiger partial charge in [0.15, 0.2) is 0 Å². The van der Waals surface area contributed by atoms with Crippen molar-refractivity contribution in [3.8, 4) is 0 Å². The summed E-state index contributed by atoms with van der Waals surface area (Å²) in [4.78, 5) is 14.0. The summed E-state index contributed by atoms with van der Waals surface area (Å²) in [5, 5.41) is 9.50. The highest BCUT2D eigenvalue weighted by atomic mass is 16.5. The van der Waals surface area contributed by atoms with E-state index in [0.717, 1.165) is 6.54 Å². The first-order valence-corrected chi connectivity index (χ1v) is 7.23. The molecule has 2 saturated heterocycles. The summed E-state index contributed by atoms with van der Waals surface area (Å²) < 4.78 is 5.35. The van der Waals surface area contributed by atoms with Gasteiger partial charge in [-0.25, -0.2) is 0 Å². The molecule has 0 saturated carbocycles. The minimum Gasteiger partial charge on any atom is -0.481 e. The third kappa shape index (κ3) is 2.86. The van der Waals surface area contributed by atoms with E-state index in [1.807, 2.05) is 0 Å². The number of carbonyl (C=O) groups is 1. The first kappa shape index (κ1) is 13.8. The van der Waals surface area contributed by atoms with Gasteiger partial charge < -0.3 is 9.84 Å². The fourth-order valence-corrected chi connectivity index (χ4v) is 3.29. The Kier molecular flexibility index (Phi) is 4.62. The smallest absolute Gasteiger partial charge is 0.313 e. The van der Waals surface area contributed by atoms with Crippen LogP contribution in [0.15, 0.2) is 0 Å². The molecule has 2 aliphatic rings. The average Bonchev–Trinajstić information content (AvgIpc) is 2.82. The van der Waals surface area contributed by atoms with Gasteiger partial charge in [-0.05, 0) is 32.2 Å². The van der Waals surface area contributed by atoms with Crippen LogP contribution in [-0.4, -0.2) is 48.3 Å². The van der Waals surface area contributed by atoms with Gasteiger partial charge >= 0.3 is 5.97 Å². The van der Waals surface area contributed by atoms with Crippen molar-refractivity contribution in [2.24, 2.45) is 5.41 Å². The van der Waals surface area contributed by atoms with Crippen LogP contribution < -0.4 is 0 Å². The quantitative estimate of drug-likeness (QED) is 0.817. The third-order valence-electron chi connectivity index (χ3n) is 4.43. The minimum atomic E-state index is -0.680. The zero-order valence-corrected chi connectivity index (χ0v) is 11.4. The van der Waals surface area contributed by atoms with Crippen LogP contribution in [0.2, 0.25) is 0 Å². The van der Waals surface area contributed by atoms with Gasteiger partial charge in [0, 0.05) is 19.2 Å². The van der Waals surface area contributed by atoms with Crippen LogP contribution in [-0.2, 0) is 9.53 Å². The number of rotatable bonds is 5. The predicted octanol–water partition coefficient (Wildman–Crippen LogP) is 2.13. The van der Waals surface area contributed by atoms with Gasteiger partial charge in [-0.1, -0.05) is 19.8 Å². The molecule has 0 aromatic heterocycles. The molecule has 0 radical (unpaired) electrons. The number of hydrogen-bond donors (Lipinski definition) is 1. The molecule has 0 bridgehead atoms. The molecule has 0 aromatic carbocycles. The molecule has 4 nitrogen and oxygen atoms in total. The molecule has 2 unspecified atom stereocenters. The molecule has 1 N–H and O–H groups in total. The van der Waals surface area contributed by atoms with E-state index in [2.05, 4.69) is 11.8 Å². The van der Waals surface area contributed by atoms with Crippen molar-refractivity contribution in [1.82, 2.24) is 4.90 Å². The standard InChI is InChI=1S/C14H25NO3/c1-2-5-12-6-3-4-8-15(12)10-14(13(16)17)7-9-18-11-14/h12H,2-11H2,1H3,(H,16,17). The van der Waals surface area contributed by atoms with Gasteiger partial charge in [-0.15, -0.1) is 0 Å². The van der Waals surface area contributed by atoms with E-state index in [1.165, 1.54) is 32.1 Å². The Balaban J connectivity index is 2.02. The summed E-state index contributed by atoms with van der Waals surface area (Å²) in [6, 6.07) is 0.584. The van der Waals surface area contributed by atoms with E-state index in [9.17, 15) is 9.90 Å². The molecule has 2 atom stereocenters. The summed E-state index contributed by atoms with van der Waals surface area (Å²) in [6.45, 7) is 4.92. The highest BCUT2D eigenvalue weighted by Crippen LogP contribution is 2.33. The molecule has 18 heavy (non-hydrogen) atoms. The summed E-state index contributed by atoms with van der Waals surface area (Å²) in [5.41, 5.74) is -0.649. The molecule has 2 fully saturated rings. The first-order valence-electron chi connectivity index (χ1n) is 7.23. The normalized spacial score (nSPS) is 33.7. The van der Waals surface area contributed by atoms with Crippen LogP contribution in [0, 0.1) is 5.41 Å². The highest BCUT2D eigenvalue weighted by molar-refractivity contribution is 5.75. The molecule has 2 rings (SSSR count). The van der Waals surface area contributed by atoms with Crippen LogP contribution in [0.3, 0.4) is 0 Å². The van der Waals surface area contributed by atoms with E-state index >= 15 is 0 Å². The first-order chi connectivity index (χ1) is 8.68. The molecule has 2 aliphatic heterocycles. The fourth-order valence-electron chi connectivity index (χ4n) is 3.29. The van der Waals surface area contributed by atoms with Crippen LogP contribution in [0.4, 0.5) is 0 Å². The van der Waals surface area contributed by atoms with Gasteiger partial charge in [0.1, 0.15) is 5.41 Å². The monoisotopic (exact) mass is 255 g/mol. The number of likely N-dealkylation sites (tertiary alicyclic amines) is 1. The Morgan fingerprint density at radius 3 is 2.94 bits per heavy atom. The van der Waals surface area contributed by atoms with E-state index in [-0.39, 0.29) is 0 Å². The Hall–Kier alpha value is -0.610. The largest absolute Gasteiger partial charge is 0.481 e. The van der Waals surface area contributed by atoms with Crippen molar-refractivity contribution in [2.75, 3.05) is 26.3 Å². The van der Waals surface area contributed by atoms with Crippen molar-refractivity contribution < 1.29 is 14.6 Å². The number of carboxylic acids is 1. The molecule has 104 valence electrons. The van der Waals surface area contributed by atoms with Crippen molar-refractivity contribution >= 4 is 5.97 Å². The Morgan fingerprint density at radius 1 is 1.50 bits per heavy atom. The second-order valence-corrected chi connectivity index (χ2v) is 5.80. The van der Waals surface area contributed by atoms with E-state index in [4.69, 9.17) is 4.74 Å². The Morgan fingerprint density at radius 2 is 2.33 bits per heavy atom. The molecule has 0 spiro atoms. The minimum absolute atomic E-state index is 0.387. The van der Waals surface area contributed by atoms with Crippen molar-refractivity contribution in [2.45, 2.75) is 51.5 Å². The average molecular weight is 255 g/mol. The fraction of sp³-hybridized carbons (Fsp3) is 0.929. The molecular weight excluding hydrogens is 230 g/mol. The summed E-state index contributed by atoms with van der Waals surface area (Å²) in [7, 11) is 0. The van der Waals surface area contributed by atoms with Crippen LogP contribution >= 0.6 is 0 Å². The number of carboxylic acid groups (broad SMARTS) is 1. The van der Waals surface area contributed by atoms with Gasteiger partial charge in [-0.2, -0.15) is 0 Å². The molecule has 0 amide bonds. The molecule has 0 aromatic rings. The molecule has 4 heteroatoms. The maximum absolute atomic E-state index is 11.6. The van der Waals surface area contributed by atoms with Gasteiger partial charge in [-0.3, -0.25) is 9.69 Å². The van der Waals surface area contributed by atoms with E-state index in [0.29, 0.717) is 32.2 Å².